The number of hydrogen-bond donors (Lipinski definition) is 1. The number of benzene rings is 1. The van der Waals surface area contributed by atoms with E-state index in [9.17, 15) is 9.18 Å². The van der Waals surface area contributed by atoms with Crippen LogP contribution < -0.4 is 5.43 Å². The molecule has 0 aliphatic heterocycles. The van der Waals surface area contributed by atoms with Gasteiger partial charge in [0.15, 0.2) is 0 Å². The number of nitrogens with one attached hydrogen (secondary N) is 1. The molecule has 1 heterocycles. The molecule has 15 heavy (non-hydrogen) atoms. The van der Waals surface area contributed by atoms with Crippen molar-refractivity contribution in [1.29, 1.82) is 5.26 Å². The Hall–Kier alpha value is -1.86. The largest absolute Gasteiger partial charge is 0.358 e. The van der Waals surface area contributed by atoms with Gasteiger partial charge in [0, 0.05) is 6.20 Å². The fourth-order valence-corrected chi connectivity index (χ4v) is 1.55. The highest BCUT2D eigenvalue weighted by molar-refractivity contribution is 6.35. The molecule has 1 aromatic heterocycles. The maximum Gasteiger partial charge on any atom is 0.210 e. The molecule has 3 nitrogen and oxygen atoms in total. The molecule has 0 fully saturated rings. The minimum atomic E-state index is -0.687. The van der Waals surface area contributed by atoms with E-state index in [0.717, 1.165) is 6.07 Å². The van der Waals surface area contributed by atoms with Crippen molar-refractivity contribution in [3.05, 3.63) is 45.0 Å². The monoisotopic (exact) mass is 222 g/mol. The highest BCUT2D eigenvalue weighted by atomic mass is 35.5. The quantitative estimate of drug-likeness (QED) is 0.743. The number of aromatic nitrogens is 1. The van der Waals surface area contributed by atoms with E-state index >= 15 is 0 Å². The molecule has 0 saturated heterocycles. The molecule has 5 heteroatoms. The summed E-state index contributed by atoms with van der Waals surface area (Å²) in [5.74, 6) is -0.687. The zero-order valence-electron chi connectivity index (χ0n) is 7.34. The minimum absolute atomic E-state index is 0.135. The third-order valence-corrected chi connectivity index (χ3v) is 2.37. The molecule has 74 valence electrons. The standard InChI is InChI=1S/C10H4ClFN2O/c11-6-1-2-7(12)8-9(6)14-4-5(3-13)10(8)15/h1-2,4H,(H,14,15). The van der Waals surface area contributed by atoms with E-state index in [0.29, 0.717) is 0 Å². The highest BCUT2D eigenvalue weighted by Crippen LogP contribution is 2.21. The van der Waals surface area contributed by atoms with Gasteiger partial charge in [-0.25, -0.2) is 4.39 Å². The maximum atomic E-state index is 13.4. The van der Waals surface area contributed by atoms with Crippen molar-refractivity contribution in [1.82, 2.24) is 4.98 Å². The summed E-state index contributed by atoms with van der Waals surface area (Å²) < 4.78 is 13.4. The van der Waals surface area contributed by atoms with E-state index in [2.05, 4.69) is 4.98 Å². The lowest BCUT2D eigenvalue weighted by atomic mass is 10.1. The molecule has 0 spiro atoms. The maximum absolute atomic E-state index is 13.4. The average molecular weight is 223 g/mol. The lowest BCUT2D eigenvalue weighted by molar-refractivity contribution is 0.639. The Morgan fingerprint density at radius 3 is 2.87 bits per heavy atom. The number of pyridine rings is 1. The molecule has 0 atom stereocenters. The molecule has 0 aliphatic rings. The van der Waals surface area contributed by atoms with Crippen LogP contribution >= 0.6 is 11.6 Å². The Labute approximate surface area is 88.7 Å². The molecule has 0 aliphatic carbocycles. The van der Waals surface area contributed by atoms with E-state index in [1.54, 1.807) is 6.07 Å². The van der Waals surface area contributed by atoms with Crippen molar-refractivity contribution in [3.63, 3.8) is 0 Å². The van der Waals surface area contributed by atoms with Crippen LogP contribution in [-0.2, 0) is 0 Å². The first-order valence-corrected chi connectivity index (χ1v) is 4.42. The van der Waals surface area contributed by atoms with Gasteiger partial charge in [0.05, 0.1) is 15.9 Å². The van der Waals surface area contributed by atoms with E-state index in [-0.39, 0.29) is 21.5 Å². The number of fused-ring (bicyclic) bond motifs is 1. The minimum Gasteiger partial charge on any atom is -0.358 e. The van der Waals surface area contributed by atoms with Crippen LogP contribution in [0.25, 0.3) is 10.9 Å². The lowest BCUT2D eigenvalue weighted by Crippen LogP contribution is -2.09. The highest BCUT2D eigenvalue weighted by Gasteiger charge is 2.11. The Kier molecular flexibility index (Phi) is 2.18. The third kappa shape index (κ3) is 1.37. The Balaban J connectivity index is 3.07. The Morgan fingerprint density at radius 2 is 2.20 bits per heavy atom. The predicted octanol–water partition coefficient (Wildman–Crippen LogP) is 2.19. The van der Waals surface area contributed by atoms with Gasteiger partial charge < -0.3 is 4.98 Å². The van der Waals surface area contributed by atoms with Gasteiger partial charge in [0.25, 0.3) is 0 Å². The van der Waals surface area contributed by atoms with Crippen LogP contribution in [0.3, 0.4) is 0 Å². The second-order valence-electron chi connectivity index (χ2n) is 2.92. The summed E-state index contributed by atoms with van der Waals surface area (Å²) in [6.45, 7) is 0. The second-order valence-corrected chi connectivity index (χ2v) is 3.33. The SMILES string of the molecule is N#Cc1c[nH]c2c(Cl)ccc(F)c2c1=O. The number of nitrogens with zero attached hydrogens (tertiary/aromatic N) is 1. The van der Waals surface area contributed by atoms with Gasteiger partial charge in [-0.1, -0.05) is 11.6 Å². The van der Waals surface area contributed by atoms with Crippen LogP contribution in [-0.4, -0.2) is 4.98 Å². The van der Waals surface area contributed by atoms with Crippen LogP contribution in [0.1, 0.15) is 5.56 Å². The number of halogens is 2. The third-order valence-electron chi connectivity index (χ3n) is 2.06. The smallest absolute Gasteiger partial charge is 0.210 e. The fraction of sp³-hybridized carbons (Fsp3) is 0. The molecule has 0 radical (unpaired) electrons. The molecular formula is C10H4ClFN2O. The van der Waals surface area contributed by atoms with Gasteiger partial charge in [-0.3, -0.25) is 4.79 Å². The molecule has 0 bridgehead atoms. The molecule has 0 saturated carbocycles. The normalized spacial score (nSPS) is 10.2. The average Bonchev–Trinajstić information content (AvgIpc) is 2.23. The van der Waals surface area contributed by atoms with E-state index < -0.39 is 11.2 Å². The molecular weight excluding hydrogens is 219 g/mol. The van der Waals surface area contributed by atoms with Crippen molar-refractivity contribution in [3.8, 4) is 6.07 Å². The molecule has 2 rings (SSSR count). The van der Waals surface area contributed by atoms with Crippen LogP contribution in [0.15, 0.2) is 23.1 Å². The molecule has 0 unspecified atom stereocenters. The summed E-state index contributed by atoms with van der Waals surface area (Å²) in [5, 5.41) is 8.68. The van der Waals surface area contributed by atoms with Crippen LogP contribution in [0.2, 0.25) is 5.02 Å². The lowest BCUT2D eigenvalue weighted by Gasteiger charge is -2.01. The second kappa shape index (κ2) is 3.37. The van der Waals surface area contributed by atoms with Gasteiger partial charge in [-0.05, 0) is 12.1 Å². The zero-order chi connectivity index (χ0) is 11.0. The fourth-order valence-electron chi connectivity index (χ4n) is 1.34. The van der Waals surface area contributed by atoms with Crippen molar-refractivity contribution in [2.24, 2.45) is 0 Å². The first-order valence-electron chi connectivity index (χ1n) is 4.04. The number of hydrogen-bond acceptors (Lipinski definition) is 2. The summed E-state index contributed by atoms with van der Waals surface area (Å²) >= 11 is 5.78. The van der Waals surface area contributed by atoms with Gasteiger partial charge in [-0.2, -0.15) is 5.26 Å². The summed E-state index contributed by atoms with van der Waals surface area (Å²) in [7, 11) is 0. The predicted molar refractivity (Wildman–Crippen MR) is 54.3 cm³/mol. The summed E-state index contributed by atoms with van der Waals surface area (Å²) in [5.41, 5.74) is -0.574. The van der Waals surface area contributed by atoms with Crippen LogP contribution in [0, 0.1) is 17.1 Å². The Morgan fingerprint density at radius 1 is 1.47 bits per heavy atom. The van der Waals surface area contributed by atoms with Crippen LogP contribution in [0.4, 0.5) is 4.39 Å². The van der Waals surface area contributed by atoms with E-state index in [1.165, 1.54) is 12.3 Å². The van der Waals surface area contributed by atoms with Gasteiger partial charge >= 0.3 is 0 Å². The van der Waals surface area contributed by atoms with Crippen molar-refractivity contribution in [2.75, 3.05) is 0 Å². The summed E-state index contributed by atoms with van der Waals surface area (Å²) in [6.07, 6.45) is 1.22. The van der Waals surface area contributed by atoms with Gasteiger partial charge in [-0.15, -0.1) is 0 Å². The summed E-state index contributed by atoms with van der Waals surface area (Å²) in [6, 6.07) is 4.13. The van der Waals surface area contributed by atoms with E-state index in [4.69, 9.17) is 16.9 Å². The first-order chi connectivity index (χ1) is 7.15. The zero-order valence-corrected chi connectivity index (χ0v) is 8.10. The molecule has 1 N–H and O–H groups in total. The topological polar surface area (TPSA) is 56.6 Å². The number of nitriles is 1. The van der Waals surface area contributed by atoms with Crippen molar-refractivity contribution < 1.29 is 4.39 Å². The molecule has 0 amide bonds. The summed E-state index contributed by atoms with van der Waals surface area (Å²) in [4.78, 5) is 14.2. The number of aromatic amines is 1. The molecule has 1 aromatic carbocycles. The van der Waals surface area contributed by atoms with Gasteiger partial charge in [0.1, 0.15) is 17.4 Å². The number of H-pyrrole nitrogens is 1. The van der Waals surface area contributed by atoms with Gasteiger partial charge in [0.2, 0.25) is 5.43 Å². The molecule has 2 aromatic rings. The Bertz CT molecular complexity index is 642. The van der Waals surface area contributed by atoms with Crippen molar-refractivity contribution >= 4 is 22.5 Å². The first kappa shape index (κ1) is 9.69. The van der Waals surface area contributed by atoms with Crippen LogP contribution in [0.5, 0.6) is 0 Å². The van der Waals surface area contributed by atoms with Crippen molar-refractivity contribution in [2.45, 2.75) is 0 Å². The van der Waals surface area contributed by atoms with E-state index in [1.807, 2.05) is 0 Å². The number of rotatable bonds is 0.